The molecule has 0 aliphatic heterocycles. The minimum atomic E-state index is -0.379. The Kier molecular flexibility index (Phi) is 8.67. The maximum atomic E-state index is 13.9. The first-order valence-corrected chi connectivity index (χ1v) is 15.6. The van der Waals surface area contributed by atoms with E-state index in [1.165, 1.54) is 0 Å². The molecular formula is C40H54O3. The highest BCUT2D eigenvalue weighted by atomic mass is 16.1. The van der Waals surface area contributed by atoms with Crippen LogP contribution in [0.1, 0.15) is 121 Å². The molecule has 0 unspecified atom stereocenters. The summed E-state index contributed by atoms with van der Waals surface area (Å²) < 4.78 is 0. The van der Waals surface area contributed by atoms with Crippen molar-refractivity contribution in [3.05, 3.63) is 97.1 Å². The summed E-state index contributed by atoms with van der Waals surface area (Å²) in [5, 5.41) is 0. The van der Waals surface area contributed by atoms with E-state index in [0.29, 0.717) is 5.56 Å². The fourth-order valence-electron chi connectivity index (χ4n) is 5.75. The van der Waals surface area contributed by atoms with Gasteiger partial charge in [0.05, 0.1) is 0 Å². The summed E-state index contributed by atoms with van der Waals surface area (Å²) in [4.78, 5) is 41.2. The van der Waals surface area contributed by atoms with Crippen molar-refractivity contribution >= 4 is 17.1 Å². The summed E-state index contributed by atoms with van der Waals surface area (Å²) in [6, 6.07) is 4.01. The van der Waals surface area contributed by atoms with E-state index in [9.17, 15) is 14.4 Å². The Morgan fingerprint density at radius 3 is 1.28 bits per heavy atom. The topological polar surface area (TPSA) is 51.2 Å². The first kappa shape index (κ1) is 34.4. The molecule has 232 valence electrons. The van der Waals surface area contributed by atoms with Gasteiger partial charge in [0.15, 0.2) is 17.0 Å². The largest absolute Gasteiger partial charge is 0.289 e. The Bertz CT molecular complexity index is 1480. The molecule has 0 aromatic heterocycles. The number of hydrogen-bond acceptors (Lipinski definition) is 3. The normalized spacial score (nSPS) is 17.5. The second kappa shape index (κ2) is 10.8. The molecule has 0 saturated heterocycles. The molecule has 0 radical (unpaired) electrons. The summed E-state index contributed by atoms with van der Waals surface area (Å²) >= 11 is 0. The van der Waals surface area contributed by atoms with Crippen molar-refractivity contribution in [2.24, 2.45) is 21.7 Å². The Morgan fingerprint density at radius 2 is 0.930 bits per heavy atom. The van der Waals surface area contributed by atoms with E-state index >= 15 is 0 Å². The number of allylic oxidation sites excluding steroid dienone is 10. The summed E-state index contributed by atoms with van der Waals surface area (Å²) in [5.41, 5.74) is 5.40. The van der Waals surface area contributed by atoms with Crippen LogP contribution in [-0.2, 0) is 15.0 Å². The lowest BCUT2D eigenvalue weighted by Crippen LogP contribution is -2.30. The number of carbonyl (C=O) groups is 2. The number of hydrogen-bond donors (Lipinski definition) is 0. The van der Waals surface area contributed by atoms with E-state index in [0.717, 1.165) is 50.5 Å². The van der Waals surface area contributed by atoms with Gasteiger partial charge in [-0.15, -0.1) is 0 Å². The van der Waals surface area contributed by atoms with Gasteiger partial charge in [0.25, 0.3) is 0 Å². The van der Waals surface area contributed by atoms with Crippen molar-refractivity contribution in [3.8, 4) is 0 Å². The first-order valence-electron chi connectivity index (χ1n) is 15.6. The lowest BCUT2D eigenvalue weighted by molar-refractivity contribution is -0.114. The lowest BCUT2D eigenvalue weighted by Gasteiger charge is -2.35. The van der Waals surface area contributed by atoms with Crippen molar-refractivity contribution in [1.29, 1.82) is 0 Å². The zero-order valence-electron chi connectivity index (χ0n) is 29.7. The molecule has 2 aliphatic carbocycles. The van der Waals surface area contributed by atoms with Crippen LogP contribution in [0.5, 0.6) is 0 Å². The number of carbonyl (C=O) groups excluding carboxylic acids is 2. The Hall–Kier alpha value is -3.07. The Labute approximate surface area is 261 Å². The lowest BCUT2D eigenvalue weighted by atomic mass is 9.67. The quantitative estimate of drug-likeness (QED) is 0.326. The van der Waals surface area contributed by atoms with E-state index in [4.69, 9.17) is 0 Å². The van der Waals surface area contributed by atoms with Crippen LogP contribution in [0.3, 0.4) is 0 Å². The molecule has 43 heavy (non-hydrogen) atoms. The van der Waals surface area contributed by atoms with Gasteiger partial charge in [0.1, 0.15) is 0 Å². The van der Waals surface area contributed by atoms with E-state index in [1.807, 2.05) is 43.4 Å². The minimum Gasteiger partial charge on any atom is -0.289 e. The van der Waals surface area contributed by atoms with Crippen LogP contribution in [0.25, 0.3) is 5.57 Å². The number of benzene rings is 1. The highest BCUT2D eigenvalue weighted by Gasteiger charge is 2.39. The van der Waals surface area contributed by atoms with Crippen LogP contribution >= 0.6 is 0 Å². The molecule has 0 amide bonds. The van der Waals surface area contributed by atoms with Crippen LogP contribution in [0.15, 0.2) is 69.1 Å². The molecule has 3 rings (SSSR count). The maximum absolute atomic E-state index is 13.9. The van der Waals surface area contributed by atoms with Gasteiger partial charge >= 0.3 is 0 Å². The monoisotopic (exact) mass is 582 g/mol. The van der Waals surface area contributed by atoms with Crippen LogP contribution in [0.2, 0.25) is 0 Å². The van der Waals surface area contributed by atoms with Crippen LogP contribution in [-0.4, -0.2) is 11.6 Å². The molecule has 3 heteroatoms. The molecule has 3 nitrogen and oxygen atoms in total. The van der Waals surface area contributed by atoms with Gasteiger partial charge in [0, 0.05) is 27.9 Å². The van der Waals surface area contributed by atoms with E-state index in [2.05, 4.69) is 104 Å². The molecule has 0 atom stereocenters. The average molecular weight is 583 g/mol. The standard InChI is InChI=1S/C40H54O3/c1-23-17-24(18-27(33(23)41)36(2,3)4)32(25-19-28(37(5,6)7)34(42)29(20-25)38(8,9)10)26-21-30(39(11,12)13)35(43)31(22-26)40(14,15)16/h17-22H,1-16H3. The molecule has 0 fully saturated rings. The summed E-state index contributed by atoms with van der Waals surface area (Å²) in [6.45, 7) is 33.0. The minimum absolute atomic E-state index is 0.0527. The molecular weight excluding hydrogens is 528 g/mol. The fourth-order valence-corrected chi connectivity index (χ4v) is 5.75. The van der Waals surface area contributed by atoms with Crippen LogP contribution in [0.4, 0.5) is 0 Å². The van der Waals surface area contributed by atoms with Crippen molar-refractivity contribution in [2.75, 3.05) is 0 Å². The Balaban J connectivity index is 2.65. The third-order valence-corrected chi connectivity index (χ3v) is 8.36. The first-order chi connectivity index (χ1) is 19.2. The second-order valence-corrected chi connectivity index (χ2v) is 17.6. The highest BCUT2D eigenvalue weighted by molar-refractivity contribution is 6.15. The molecule has 2 aliphatic rings. The van der Waals surface area contributed by atoms with Crippen LogP contribution < -0.4 is 5.43 Å². The predicted octanol–water partition coefficient (Wildman–Crippen LogP) is 9.76. The van der Waals surface area contributed by atoms with Crippen molar-refractivity contribution < 1.29 is 9.59 Å². The average Bonchev–Trinajstić information content (AvgIpc) is 2.79. The van der Waals surface area contributed by atoms with Gasteiger partial charge in [-0.25, -0.2) is 0 Å². The smallest absolute Gasteiger partial charge is 0.186 e. The summed E-state index contributed by atoms with van der Waals surface area (Å²) in [6.07, 6.45) is 8.18. The van der Waals surface area contributed by atoms with Gasteiger partial charge in [0.2, 0.25) is 0 Å². The number of Topliss-reactive ketones (excluding diaryl/α,β-unsaturated/α-hetero) is 2. The van der Waals surface area contributed by atoms with Crippen molar-refractivity contribution in [3.63, 3.8) is 0 Å². The fraction of sp³-hybridized carbons (Fsp3) is 0.525. The Morgan fingerprint density at radius 1 is 0.558 bits per heavy atom. The number of ketones is 2. The maximum Gasteiger partial charge on any atom is 0.186 e. The van der Waals surface area contributed by atoms with E-state index in [1.54, 1.807) is 0 Å². The molecule has 0 bridgehead atoms. The molecule has 0 N–H and O–H groups in total. The van der Waals surface area contributed by atoms with Gasteiger partial charge in [-0.3, -0.25) is 14.4 Å². The zero-order chi connectivity index (χ0) is 33.2. The van der Waals surface area contributed by atoms with E-state index < -0.39 is 0 Å². The summed E-state index contributed by atoms with van der Waals surface area (Å²) in [5.74, 6) is 1.07. The van der Waals surface area contributed by atoms with Gasteiger partial charge in [-0.05, 0) is 98.6 Å². The summed E-state index contributed by atoms with van der Waals surface area (Å²) in [7, 11) is 0. The number of aryl methyl sites for hydroxylation is 1. The SMILES string of the molecule is Cc1c[c-](C(=C2C=C(C(C)(C)C)C(=O)C(C(C)(C)C)=C2)[C+]2C=C(C(C)(C)C)C(=O)C(C(C)(C)C)=C2)cc(C(C)(C)C)c1=O. The third-order valence-electron chi connectivity index (χ3n) is 8.36. The van der Waals surface area contributed by atoms with Crippen molar-refractivity contribution in [2.45, 2.75) is 116 Å². The van der Waals surface area contributed by atoms with Crippen molar-refractivity contribution in [1.82, 2.24) is 0 Å². The molecule has 0 saturated carbocycles. The molecule has 1 aromatic carbocycles. The molecule has 0 heterocycles. The highest BCUT2D eigenvalue weighted by Crippen LogP contribution is 2.47. The third kappa shape index (κ3) is 7.03. The van der Waals surface area contributed by atoms with Gasteiger partial charge in [-0.2, -0.15) is 0 Å². The van der Waals surface area contributed by atoms with Gasteiger partial charge in [-0.1, -0.05) is 104 Å². The molecule has 1 aromatic rings. The van der Waals surface area contributed by atoms with Gasteiger partial charge < -0.3 is 0 Å². The second-order valence-electron chi connectivity index (χ2n) is 17.6. The van der Waals surface area contributed by atoms with Crippen LogP contribution in [0, 0.1) is 34.5 Å². The number of rotatable bonds is 2. The zero-order valence-corrected chi connectivity index (χ0v) is 29.7. The predicted molar refractivity (Wildman–Crippen MR) is 182 cm³/mol. The molecule has 0 spiro atoms. The van der Waals surface area contributed by atoms with E-state index in [-0.39, 0.29) is 44.1 Å².